The molecule has 1 fully saturated rings. The van der Waals surface area contributed by atoms with Crippen LogP contribution in [-0.2, 0) is 4.74 Å². The van der Waals surface area contributed by atoms with Gasteiger partial charge in [0.1, 0.15) is 0 Å². The van der Waals surface area contributed by atoms with Gasteiger partial charge in [-0.2, -0.15) is 0 Å². The first-order chi connectivity index (χ1) is 7.31. The summed E-state index contributed by atoms with van der Waals surface area (Å²) in [6.45, 7) is 3.17. The minimum atomic E-state index is 0.266. The largest absolute Gasteiger partial charge is 0.501 e. The molecule has 2 aliphatic rings. The quantitative estimate of drug-likeness (QED) is 0.775. The van der Waals surface area contributed by atoms with Crippen molar-refractivity contribution in [1.82, 2.24) is 0 Å². The molecule has 0 amide bonds. The van der Waals surface area contributed by atoms with Crippen molar-refractivity contribution in [2.75, 3.05) is 6.61 Å². The average molecular weight is 209 g/mol. The highest BCUT2D eigenvalue weighted by Gasteiger charge is 2.30. The molecule has 1 aliphatic heterocycles. The molecule has 0 aromatic heterocycles. The number of hydrogen-bond acceptors (Lipinski definition) is 2. The minimum Gasteiger partial charge on any atom is -0.501 e. The zero-order chi connectivity index (χ0) is 10.7. The molecule has 0 spiro atoms. The van der Waals surface area contributed by atoms with Gasteiger partial charge < -0.3 is 10.5 Å². The Labute approximate surface area is 92.9 Å². The molecular formula is C13H23NO. The van der Waals surface area contributed by atoms with Crippen molar-refractivity contribution in [2.24, 2.45) is 17.6 Å². The van der Waals surface area contributed by atoms with Crippen molar-refractivity contribution >= 4 is 0 Å². The fourth-order valence-corrected chi connectivity index (χ4v) is 2.94. The van der Waals surface area contributed by atoms with Gasteiger partial charge in [0.05, 0.1) is 12.9 Å². The summed E-state index contributed by atoms with van der Waals surface area (Å²) >= 11 is 0. The Kier molecular flexibility index (Phi) is 3.68. The number of hydrogen-bond donors (Lipinski definition) is 1. The Hall–Kier alpha value is -0.500. The second kappa shape index (κ2) is 5.02. The van der Waals surface area contributed by atoms with Crippen LogP contribution in [0, 0.1) is 11.8 Å². The summed E-state index contributed by atoms with van der Waals surface area (Å²) in [4.78, 5) is 0. The second-order valence-corrected chi connectivity index (χ2v) is 5.04. The van der Waals surface area contributed by atoms with Crippen LogP contribution in [0.25, 0.3) is 0 Å². The van der Waals surface area contributed by atoms with Crippen LogP contribution < -0.4 is 5.73 Å². The molecule has 0 radical (unpaired) electrons. The highest BCUT2D eigenvalue weighted by atomic mass is 16.5. The van der Waals surface area contributed by atoms with Crippen molar-refractivity contribution in [3.8, 4) is 0 Å². The van der Waals surface area contributed by atoms with Crippen molar-refractivity contribution in [2.45, 2.75) is 51.5 Å². The van der Waals surface area contributed by atoms with Gasteiger partial charge in [-0.1, -0.05) is 19.8 Å². The summed E-state index contributed by atoms with van der Waals surface area (Å²) < 4.78 is 5.37. The van der Waals surface area contributed by atoms with Crippen LogP contribution in [-0.4, -0.2) is 12.6 Å². The first kappa shape index (κ1) is 11.0. The summed E-state index contributed by atoms with van der Waals surface area (Å²) in [6.07, 6.45) is 9.55. The van der Waals surface area contributed by atoms with E-state index in [0.717, 1.165) is 25.4 Å². The molecular weight excluding hydrogens is 186 g/mol. The number of rotatable bonds is 3. The van der Waals surface area contributed by atoms with E-state index >= 15 is 0 Å². The van der Waals surface area contributed by atoms with Gasteiger partial charge in [0.25, 0.3) is 0 Å². The van der Waals surface area contributed by atoms with Gasteiger partial charge in [-0.3, -0.25) is 0 Å². The number of ether oxygens (including phenoxy) is 1. The predicted molar refractivity (Wildman–Crippen MR) is 62.4 cm³/mol. The van der Waals surface area contributed by atoms with Crippen molar-refractivity contribution in [3.63, 3.8) is 0 Å². The maximum atomic E-state index is 6.32. The third-order valence-corrected chi connectivity index (χ3v) is 4.06. The summed E-state index contributed by atoms with van der Waals surface area (Å²) in [5.41, 5.74) is 7.67. The molecule has 0 aromatic carbocycles. The Morgan fingerprint density at radius 2 is 2.40 bits per heavy atom. The van der Waals surface area contributed by atoms with E-state index in [9.17, 15) is 0 Å². The van der Waals surface area contributed by atoms with Crippen molar-refractivity contribution in [1.29, 1.82) is 0 Å². The molecule has 3 atom stereocenters. The summed E-state index contributed by atoms with van der Waals surface area (Å²) in [7, 11) is 0. The van der Waals surface area contributed by atoms with Gasteiger partial charge in [0, 0.05) is 6.04 Å². The monoisotopic (exact) mass is 209 g/mol. The summed E-state index contributed by atoms with van der Waals surface area (Å²) in [6, 6.07) is 0.266. The highest BCUT2D eigenvalue weighted by Crippen LogP contribution is 2.37. The average Bonchev–Trinajstić information content (AvgIpc) is 2.78. The van der Waals surface area contributed by atoms with E-state index in [0.29, 0.717) is 5.92 Å². The zero-order valence-electron chi connectivity index (χ0n) is 9.74. The first-order valence-electron chi connectivity index (χ1n) is 6.37. The fraction of sp³-hybridized carbons (Fsp3) is 0.846. The van der Waals surface area contributed by atoms with Gasteiger partial charge in [0.15, 0.2) is 0 Å². The van der Waals surface area contributed by atoms with Crippen LogP contribution in [0.2, 0.25) is 0 Å². The van der Waals surface area contributed by atoms with E-state index in [2.05, 4.69) is 6.92 Å². The zero-order valence-corrected chi connectivity index (χ0v) is 9.74. The molecule has 2 rings (SSSR count). The van der Waals surface area contributed by atoms with E-state index in [1.165, 1.54) is 31.3 Å². The van der Waals surface area contributed by atoms with E-state index < -0.39 is 0 Å². The van der Waals surface area contributed by atoms with E-state index in [-0.39, 0.29) is 6.04 Å². The lowest BCUT2D eigenvalue weighted by molar-refractivity contribution is 0.217. The van der Waals surface area contributed by atoms with Crippen molar-refractivity contribution in [3.05, 3.63) is 11.8 Å². The molecule has 2 N–H and O–H groups in total. The third kappa shape index (κ3) is 2.54. The highest BCUT2D eigenvalue weighted by molar-refractivity contribution is 5.11. The van der Waals surface area contributed by atoms with Crippen LogP contribution in [0.5, 0.6) is 0 Å². The maximum absolute atomic E-state index is 6.32. The SMILES string of the molecule is CCC1CCC(C(N)C2=COCCC2)C1. The Bertz CT molecular complexity index is 237. The molecule has 2 nitrogen and oxygen atoms in total. The van der Waals surface area contributed by atoms with E-state index in [4.69, 9.17) is 10.5 Å². The van der Waals surface area contributed by atoms with Crippen LogP contribution in [0.1, 0.15) is 45.4 Å². The van der Waals surface area contributed by atoms with E-state index in [1.807, 2.05) is 6.26 Å². The fourth-order valence-electron chi connectivity index (χ4n) is 2.94. The Balaban J connectivity index is 1.90. The van der Waals surface area contributed by atoms with Crippen LogP contribution in [0.15, 0.2) is 11.8 Å². The molecule has 0 aromatic rings. The van der Waals surface area contributed by atoms with Crippen LogP contribution in [0.4, 0.5) is 0 Å². The maximum Gasteiger partial charge on any atom is 0.0876 e. The molecule has 0 bridgehead atoms. The standard InChI is InChI=1S/C13H23NO/c1-2-10-5-6-11(8-10)13(14)12-4-3-7-15-9-12/h9-11,13H,2-8,14H2,1H3. The molecule has 1 heterocycles. The molecule has 2 heteroatoms. The molecule has 0 saturated heterocycles. The van der Waals surface area contributed by atoms with Crippen LogP contribution >= 0.6 is 0 Å². The summed E-state index contributed by atoms with van der Waals surface area (Å²) in [5.74, 6) is 1.63. The van der Waals surface area contributed by atoms with Crippen LogP contribution in [0.3, 0.4) is 0 Å². The van der Waals surface area contributed by atoms with Crippen molar-refractivity contribution < 1.29 is 4.74 Å². The Morgan fingerprint density at radius 1 is 1.53 bits per heavy atom. The van der Waals surface area contributed by atoms with Gasteiger partial charge in [-0.05, 0) is 43.1 Å². The Morgan fingerprint density at radius 3 is 3.00 bits per heavy atom. The predicted octanol–water partition coefficient (Wildman–Crippen LogP) is 2.83. The summed E-state index contributed by atoms with van der Waals surface area (Å²) in [5, 5.41) is 0. The lowest BCUT2D eigenvalue weighted by Gasteiger charge is -2.24. The van der Waals surface area contributed by atoms with Gasteiger partial charge in [-0.25, -0.2) is 0 Å². The lowest BCUT2D eigenvalue weighted by atomic mass is 9.89. The second-order valence-electron chi connectivity index (χ2n) is 5.04. The first-order valence-corrected chi connectivity index (χ1v) is 6.37. The lowest BCUT2D eigenvalue weighted by Crippen LogP contribution is -2.32. The van der Waals surface area contributed by atoms with E-state index in [1.54, 1.807) is 0 Å². The molecule has 1 aliphatic carbocycles. The third-order valence-electron chi connectivity index (χ3n) is 4.06. The number of nitrogens with two attached hydrogens (primary N) is 1. The smallest absolute Gasteiger partial charge is 0.0876 e. The van der Waals surface area contributed by atoms with Gasteiger partial charge in [-0.15, -0.1) is 0 Å². The molecule has 86 valence electrons. The van der Waals surface area contributed by atoms with Gasteiger partial charge in [0.2, 0.25) is 0 Å². The topological polar surface area (TPSA) is 35.2 Å². The molecule has 1 saturated carbocycles. The molecule has 15 heavy (non-hydrogen) atoms. The van der Waals surface area contributed by atoms with Gasteiger partial charge >= 0.3 is 0 Å². The minimum absolute atomic E-state index is 0.266. The normalized spacial score (nSPS) is 33.3. The molecule has 3 unspecified atom stereocenters.